The Morgan fingerprint density at radius 2 is 2.03 bits per heavy atom. The number of imidazole rings is 1. The van der Waals surface area contributed by atoms with E-state index in [0.29, 0.717) is 31.5 Å². The molecule has 0 spiro atoms. The monoisotopic (exact) mass is 436 g/mol. The third kappa shape index (κ3) is 6.27. The third-order valence-electron chi connectivity index (χ3n) is 5.62. The van der Waals surface area contributed by atoms with E-state index in [1.165, 1.54) is 24.3 Å². The van der Waals surface area contributed by atoms with Crippen molar-refractivity contribution in [2.45, 2.75) is 70.6 Å². The van der Waals surface area contributed by atoms with Crippen molar-refractivity contribution in [2.24, 2.45) is 11.7 Å². The maximum Gasteiger partial charge on any atom is 0.326 e. The number of likely N-dealkylation sites (tertiary alicyclic amines) is 1. The number of nitrogens with zero attached hydrogens (tertiary/aromatic N) is 2. The van der Waals surface area contributed by atoms with Crippen LogP contribution in [0.1, 0.15) is 45.7 Å². The van der Waals surface area contributed by atoms with Gasteiger partial charge in [-0.3, -0.25) is 14.4 Å². The van der Waals surface area contributed by atoms with Gasteiger partial charge in [-0.25, -0.2) is 9.78 Å². The van der Waals surface area contributed by atoms with Crippen molar-refractivity contribution >= 4 is 23.7 Å². The number of carboxylic acids is 1. The number of nitrogens with one attached hydrogen (secondary N) is 3. The minimum Gasteiger partial charge on any atom is -0.480 e. The molecular weight excluding hydrogens is 404 g/mol. The van der Waals surface area contributed by atoms with E-state index in [2.05, 4.69) is 20.6 Å². The summed E-state index contributed by atoms with van der Waals surface area (Å²) >= 11 is 0. The van der Waals surface area contributed by atoms with Crippen molar-refractivity contribution in [3.8, 4) is 0 Å². The summed E-state index contributed by atoms with van der Waals surface area (Å²) < 4.78 is 0. The number of rotatable bonds is 10. The Morgan fingerprint density at radius 3 is 2.58 bits per heavy atom. The Hall–Kier alpha value is -2.95. The van der Waals surface area contributed by atoms with E-state index in [4.69, 9.17) is 5.73 Å². The van der Waals surface area contributed by atoms with Gasteiger partial charge in [0.15, 0.2) is 0 Å². The largest absolute Gasteiger partial charge is 0.480 e. The predicted octanol–water partition coefficient (Wildman–Crippen LogP) is -0.609. The molecule has 6 N–H and O–H groups in total. The van der Waals surface area contributed by atoms with Crippen LogP contribution >= 0.6 is 0 Å². The number of hydrogen-bond donors (Lipinski definition) is 5. The van der Waals surface area contributed by atoms with Gasteiger partial charge in [0.2, 0.25) is 17.7 Å². The topological polar surface area (TPSA) is 171 Å². The van der Waals surface area contributed by atoms with Crippen LogP contribution in [0.5, 0.6) is 0 Å². The second-order valence-electron chi connectivity index (χ2n) is 8.03. The van der Waals surface area contributed by atoms with E-state index in [1.54, 1.807) is 0 Å². The van der Waals surface area contributed by atoms with E-state index in [0.717, 1.165) is 0 Å². The van der Waals surface area contributed by atoms with E-state index >= 15 is 0 Å². The van der Waals surface area contributed by atoms with Crippen LogP contribution in [0.4, 0.5) is 0 Å². The number of carbonyl (C=O) groups excluding carboxylic acids is 3. The standard InChI is InChI=1S/C20H32N6O5/c1-4-11(2)16(25-17(27)12(3)21)19(29)26-7-5-6-15(26)18(28)24-14(20(30)31)8-13-9-22-10-23-13/h9-12,14-16H,4-8,21H2,1-3H3,(H,22,23)(H,24,28)(H,25,27)(H,30,31). The highest BCUT2D eigenvalue weighted by molar-refractivity contribution is 5.94. The summed E-state index contributed by atoms with van der Waals surface area (Å²) in [6.07, 6.45) is 4.64. The van der Waals surface area contributed by atoms with Crippen LogP contribution in [0, 0.1) is 5.92 Å². The van der Waals surface area contributed by atoms with Gasteiger partial charge in [0.25, 0.3) is 0 Å². The number of amides is 3. The van der Waals surface area contributed by atoms with Crippen LogP contribution in [-0.2, 0) is 25.6 Å². The molecule has 0 aromatic carbocycles. The van der Waals surface area contributed by atoms with Gasteiger partial charge in [0.05, 0.1) is 12.4 Å². The van der Waals surface area contributed by atoms with Crippen molar-refractivity contribution in [3.63, 3.8) is 0 Å². The first kappa shape index (κ1) is 24.3. The van der Waals surface area contributed by atoms with Gasteiger partial charge in [-0.1, -0.05) is 20.3 Å². The summed E-state index contributed by atoms with van der Waals surface area (Å²) in [5.41, 5.74) is 6.20. The Balaban J connectivity index is 2.12. The first-order valence-electron chi connectivity index (χ1n) is 10.5. The highest BCUT2D eigenvalue weighted by Crippen LogP contribution is 2.22. The number of aliphatic carboxylic acids is 1. The SMILES string of the molecule is CCC(C)C(NC(=O)C(C)N)C(=O)N1CCCC1C(=O)NC(Cc1cnc[nH]1)C(=O)O. The highest BCUT2D eigenvalue weighted by atomic mass is 16.4. The quantitative estimate of drug-likeness (QED) is 0.326. The third-order valence-corrected chi connectivity index (χ3v) is 5.62. The summed E-state index contributed by atoms with van der Waals surface area (Å²) in [6.45, 7) is 5.64. The summed E-state index contributed by atoms with van der Waals surface area (Å²) in [4.78, 5) is 58.0. The van der Waals surface area contributed by atoms with Gasteiger partial charge < -0.3 is 31.4 Å². The molecule has 1 aromatic heterocycles. The van der Waals surface area contributed by atoms with Gasteiger partial charge >= 0.3 is 5.97 Å². The average molecular weight is 437 g/mol. The summed E-state index contributed by atoms with van der Waals surface area (Å²) in [6, 6.07) is -3.53. The second kappa shape index (κ2) is 10.9. The summed E-state index contributed by atoms with van der Waals surface area (Å²) in [7, 11) is 0. The molecule has 1 aromatic rings. The Morgan fingerprint density at radius 1 is 1.32 bits per heavy atom. The molecule has 31 heavy (non-hydrogen) atoms. The maximum absolute atomic E-state index is 13.3. The lowest BCUT2D eigenvalue weighted by molar-refractivity contribution is -0.145. The maximum atomic E-state index is 13.3. The average Bonchev–Trinajstić information content (AvgIpc) is 3.41. The molecule has 0 saturated carbocycles. The van der Waals surface area contributed by atoms with Gasteiger partial charge in [0, 0.05) is 24.9 Å². The molecule has 1 aliphatic heterocycles. The van der Waals surface area contributed by atoms with Crippen LogP contribution in [0.3, 0.4) is 0 Å². The molecular formula is C20H32N6O5. The predicted molar refractivity (Wildman–Crippen MR) is 112 cm³/mol. The first-order valence-corrected chi connectivity index (χ1v) is 10.5. The fraction of sp³-hybridized carbons (Fsp3) is 0.650. The molecule has 5 atom stereocenters. The number of aromatic amines is 1. The molecule has 0 bridgehead atoms. The summed E-state index contributed by atoms with van der Waals surface area (Å²) in [5, 5.41) is 14.7. The Bertz CT molecular complexity index is 781. The number of nitrogens with two attached hydrogens (primary N) is 1. The number of aromatic nitrogens is 2. The molecule has 2 rings (SSSR count). The van der Waals surface area contributed by atoms with E-state index in [-0.39, 0.29) is 18.2 Å². The van der Waals surface area contributed by atoms with Gasteiger partial charge in [0.1, 0.15) is 18.1 Å². The van der Waals surface area contributed by atoms with Gasteiger partial charge in [-0.2, -0.15) is 0 Å². The highest BCUT2D eigenvalue weighted by Gasteiger charge is 2.40. The van der Waals surface area contributed by atoms with Crippen LogP contribution < -0.4 is 16.4 Å². The molecule has 2 heterocycles. The number of carbonyl (C=O) groups is 4. The lowest BCUT2D eigenvalue weighted by atomic mass is 9.97. The molecule has 5 unspecified atom stereocenters. The minimum absolute atomic E-state index is 0.0433. The Kier molecular flexibility index (Phi) is 8.55. The number of H-pyrrole nitrogens is 1. The molecule has 1 saturated heterocycles. The first-order chi connectivity index (χ1) is 14.6. The van der Waals surface area contributed by atoms with Crippen molar-refractivity contribution in [1.82, 2.24) is 25.5 Å². The lowest BCUT2D eigenvalue weighted by Crippen LogP contribution is -2.58. The zero-order valence-electron chi connectivity index (χ0n) is 18.1. The molecule has 3 amide bonds. The van der Waals surface area contributed by atoms with Crippen LogP contribution in [-0.4, -0.2) is 74.4 Å². The fourth-order valence-corrected chi connectivity index (χ4v) is 3.53. The summed E-state index contributed by atoms with van der Waals surface area (Å²) in [5.74, 6) is -2.67. The lowest BCUT2D eigenvalue weighted by Gasteiger charge is -2.32. The minimum atomic E-state index is -1.18. The number of hydrogen-bond acceptors (Lipinski definition) is 6. The van der Waals surface area contributed by atoms with Crippen LogP contribution in [0.2, 0.25) is 0 Å². The van der Waals surface area contributed by atoms with Gasteiger partial charge in [-0.05, 0) is 25.7 Å². The molecule has 11 heteroatoms. The van der Waals surface area contributed by atoms with E-state index in [9.17, 15) is 24.3 Å². The zero-order valence-corrected chi connectivity index (χ0v) is 18.1. The molecule has 0 aliphatic carbocycles. The fourth-order valence-electron chi connectivity index (χ4n) is 3.53. The zero-order chi connectivity index (χ0) is 23.1. The second-order valence-corrected chi connectivity index (χ2v) is 8.03. The number of carboxylic acid groups (broad SMARTS) is 1. The molecule has 1 fully saturated rings. The van der Waals surface area contributed by atoms with Crippen LogP contribution in [0.15, 0.2) is 12.5 Å². The van der Waals surface area contributed by atoms with Gasteiger partial charge in [-0.15, -0.1) is 0 Å². The van der Waals surface area contributed by atoms with E-state index in [1.807, 2.05) is 13.8 Å². The van der Waals surface area contributed by atoms with Crippen molar-refractivity contribution in [3.05, 3.63) is 18.2 Å². The molecule has 1 aliphatic rings. The van der Waals surface area contributed by atoms with E-state index < -0.39 is 42.0 Å². The van der Waals surface area contributed by atoms with Crippen molar-refractivity contribution in [1.29, 1.82) is 0 Å². The molecule has 172 valence electrons. The van der Waals surface area contributed by atoms with Crippen molar-refractivity contribution < 1.29 is 24.3 Å². The molecule has 0 radical (unpaired) electrons. The smallest absolute Gasteiger partial charge is 0.326 e. The van der Waals surface area contributed by atoms with Crippen molar-refractivity contribution in [2.75, 3.05) is 6.54 Å². The molecule has 11 nitrogen and oxygen atoms in total. The normalized spacial score (nSPS) is 19.9. The Labute approximate surface area is 181 Å². The van der Waals surface area contributed by atoms with Crippen LogP contribution in [0.25, 0.3) is 0 Å².